The highest BCUT2D eigenvalue weighted by atomic mass is 35.5. The summed E-state index contributed by atoms with van der Waals surface area (Å²) in [7, 11) is 0. The molecule has 0 amide bonds. The second-order valence-corrected chi connectivity index (χ2v) is 7.76. The molecule has 1 aromatic heterocycles. The predicted molar refractivity (Wildman–Crippen MR) is 106 cm³/mol. The lowest BCUT2D eigenvalue weighted by Crippen LogP contribution is -1.80. The summed E-state index contributed by atoms with van der Waals surface area (Å²) in [5.41, 5.74) is 5.03. The summed E-state index contributed by atoms with van der Waals surface area (Å²) in [4.78, 5) is 0. The normalized spacial score (nSPS) is 12.4. The van der Waals surface area contributed by atoms with Gasteiger partial charge in [-0.25, -0.2) is 0 Å². The number of benzene rings is 4. The van der Waals surface area contributed by atoms with Crippen LogP contribution in [0.25, 0.3) is 53.2 Å². The maximum atomic E-state index is 6.99. The van der Waals surface area contributed by atoms with Crippen molar-refractivity contribution in [3.05, 3.63) is 71.8 Å². The van der Waals surface area contributed by atoms with Gasteiger partial charge in [0.05, 0.1) is 5.02 Å². The van der Waals surface area contributed by atoms with Gasteiger partial charge in [0.15, 0.2) is 0 Å². The van der Waals surface area contributed by atoms with Crippen molar-refractivity contribution in [2.75, 3.05) is 0 Å². The fourth-order valence-corrected chi connectivity index (χ4v) is 5.71. The van der Waals surface area contributed by atoms with Crippen molar-refractivity contribution in [1.82, 2.24) is 0 Å². The average molecular weight is 343 g/mol. The molecular weight excluding hydrogens is 332 g/mol. The lowest BCUT2D eigenvalue weighted by atomic mass is 10.0. The Hall–Kier alpha value is -2.35. The van der Waals surface area contributed by atoms with Crippen LogP contribution in [0.5, 0.6) is 0 Å². The van der Waals surface area contributed by atoms with E-state index in [9.17, 15) is 0 Å². The first kappa shape index (κ1) is 13.0. The number of hydrogen-bond acceptors (Lipinski definition) is 1. The molecule has 1 heterocycles. The van der Waals surface area contributed by atoms with Gasteiger partial charge in [0.25, 0.3) is 0 Å². The first-order valence-electron chi connectivity index (χ1n) is 7.99. The van der Waals surface area contributed by atoms with Crippen LogP contribution in [0.3, 0.4) is 0 Å². The summed E-state index contributed by atoms with van der Waals surface area (Å²) >= 11 is 8.81. The van der Waals surface area contributed by atoms with Crippen LogP contribution in [-0.4, -0.2) is 0 Å². The van der Waals surface area contributed by atoms with Crippen molar-refractivity contribution < 1.29 is 0 Å². The van der Waals surface area contributed by atoms with E-state index in [2.05, 4.69) is 66.7 Å². The van der Waals surface area contributed by atoms with Crippen LogP contribution in [0.1, 0.15) is 0 Å². The molecule has 0 spiro atoms. The number of hydrogen-bond donors (Lipinski definition) is 0. The second kappa shape index (κ2) is 4.38. The Bertz CT molecular complexity index is 1310. The zero-order chi connectivity index (χ0) is 15.8. The van der Waals surface area contributed by atoms with Crippen molar-refractivity contribution in [2.45, 2.75) is 0 Å². The first-order chi connectivity index (χ1) is 11.8. The Morgan fingerprint density at radius 1 is 0.667 bits per heavy atom. The molecule has 0 saturated carbocycles. The summed E-state index contributed by atoms with van der Waals surface area (Å²) < 4.78 is 2.56. The standard InChI is InChI=1S/C22H11ClS/c23-22-20-15-9-4-6-12-5-3-8-13(19(12)15)16(20)11-18-21(22)14-7-1-2-10-17(14)24-18/h1-11H. The molecule has 0 aliphatic heterocycles. The first-order valence-corrected chi connectivity index (χ1v) is 9.18. The fourth-order valence-electron chi connectivity index (χ4n) is 4.09. The van der Waals surface area contributed by atoms with Crippen molar-refractivity contribution in [3.63, 3.8) is 0 Å². The SMILES string of the molecule is Clc1c2c(cc3sc4ccccc4c13)-c1cccc3cccc-2c13. The van der Waals surface area contributed by atoms with E-state index in [0.717, 1.165) is 5.02 Å². The second-order valence-electron chi connectivity index (χ2n) is 6.29. The van der Waals surface area contributed by atoms with Crippen LogP contribution < -0.4 is 0 Å². The zero-order valence-corrected chi connectivity index (χ0v) is 14.2. The molecular formula is C22H11ClS. The molecule has 2 heteroatoms. The van der Waals surface area contributed by atoms with Crippen LogP contribution >= 0.6 is 22.9 Å². The predicted octanol–water partition coefficient (Wildman–Crippen LogP) is 7.51. The van der Waals surface area contributed by atoms with Gasteiger partial charge in [-0.2, -0.15) is 0 Å². The smallest absolute Gasteiger partial charge is 0.0583 e. The molecule has 1 aliphatic carbocycles. The molecule has 24 heavy (non-hydrogen) atoms. The number of rotatable bonds is 0. The van der Waals surface area contributed by atoms with Crippen LogP contribution in [0.2, 0.25) is 5.02 Å². The number of thiophene rings is 1. The van der Waals surface area contributed by atoms with Crippen LogP contribution in [0.15, 0.2) is 66.7 Å². The minimum Gasteiger partial charge on any atom is -0.135 e. The molecule has 5 aromatic rings. The van der Waals surface area contributed by atoms with Gasteiger partial charge in [0.1, 0.15) is 0 Å². The molecule has 0 N–H and O–H groups in total. The maximum absolute atomic E-state index is 6.99. The molecule has 0 bridgehead atoms. The van der Waals surface area contributed by atoms with E-state index in [1.807, 2.05) is 11.3 Å². The monoisotopic (exact) mass is 342 g/mol. The Labute approximate surface area is 147 Å². The van der Waals surface area contributed by atoms with Crippen LogP contribution in [-0.2, 0) is 0 Å². The Morgan fingerprint density at radius 2 is 1.46 bits per heavy atom. The minimum atomic E-state index is 0.892. The van der Waals surface area contributed by atoms with Crippen LogP contribution in [0, 0.1) is 0 Å². The van der Waals surface area contributed by atoms with Crippen molar-refractivity contribution >= 4 is 53.9 Å². The van der Waals surface area contributed by atoms with E-state index in [1.165, 1.54) is 53.2 Å². The fraction of sp³-hybridized carbons (Fsp3) is 0. The summed E-state index contributed by atoms with van der Waals surface area (Å²) in [5, 5.41) is 5.96. The van der Waals surface area contributed by atoms with Gasteiger partial charge in [0, 0.05) is 25.7 Å². The maximum Gasteiger partial charge on any atom is 0.0583 e. The average Bonchev–Trinajstić information content (AvgIpc) is 3.14. The third-order valence-electron chi connectivity index (χ3n) is 5.07. The third-order valence-corrected chi connectivity index (χ3v) is 6.57. The largest absolute Gasteiger partial charge is 0.135 e. The van der Waals surface area contributed by atoms with E-state index >= 15 is 0 Å². The molecule has 0 unspecified atom stereocenters. The van der Waals surface area contributed by atoms with Gasteiger partial charge in [0.2, 0.25) is 0 Å². The summed E-state index contributed by atoms with van der Waals surface area (Å²) in [6, 6.07) is 23.9. The summed E-state index contributed by atoms with van der Waals surface area (Å²) in [6.07, 6.45) is 0. The third kappa shape index (κ3) is 1.45. The van der Waals surface area contributed by atoms with E-state index in [-0.39, 0.29) is 0 Å². The van der Waals surface area contributed by atoms with E-state index in [4.69, 9.17) is 11.6 Å². The molecule has 1 aliphatic rings. The highest BCUT2D eigenvalue weighted by Crippen LogP contribution is 2.54. The van der Waals surface area contributed by atoms with Gasteiger partial charge >= 0.3 is 0 Å². The topological polar surface area (TPSA) is 0 Å². The molecule has 6 rings (SSSR count). The van der Waals surface area contributed by atoms with E-state index in [0.29, 0.717) is 0 Å². The summed E-state index contributed by atoms with van der Waals surface area (Å²) in [5.74, 6) is 0. The number of halogens is 1. The van der Waals surface area contributed by atoms with Gasteiger partial charge in [-0.15, -0.1) is 11.3 Å². The van der Waals surface area contributed by atoms with Crippen LogP contribution in [0.4, 0.5) is 0 Å². The number of fused-ring (bicyclic) bond motifs is 6. The molecule has 0 saturated heterocycles. The quantitative estimate of drug-likeness (QED) is 0.268. The Kier molecular flexibility index (Phi) is 2.37. The minimum absolute atomic E-state index is 0.892. The molecule has 112 valence electrons. The van der Waals surface area contributed by atoms with Crippen molar-refractivity contribution in [3.8, 4) is 22.3 Å². The Morgan fingerprint density at radius 3 is 2.33 bits per heavy atom. The van der Waals surface area contributed by atoms with Gasteiger partial charge in [-0.3, -0.25) is 0 Å². The highest BCUT2D eigenvalue weighted by Gasteiger charge is 2.26. The lowest BCUT2D eigenvalue weighted by Gasteiger charge is -2.07. The Balaban J connectivity index is 1.88. The molecule has 4 aromatic carbocycles. The van der Waals surface area contributed by atoms with E-state index in [1.54, 1.807) is 0 Å². The summed E-state index contributed by atoms with van der Waals surface area (Å²) in [6.45, 7) is 0. The van der Waals surface area contributed by atoms with E-state index < -0.39 is 0 Å². The highest BCUT2D eigenvalue weighted by molar-refractivity contribution is 7.26. The molecule has 0 atom stereocenters. The zero-order valence-electron chi connectivity index (χ0n) is 12.6. The lowest BCUT2D eigenvalue weighted by molar-refractivity contribution is 1.78. The molecule has 0 fully saturated rings. The molecule has 0 radical (unpaired) electrons. The van der Waals surface area contributed by atoms with Gasteiger partial charge in [-0.1, -0.05) is 66.2 Å². The van der Waals surface area contributed by atoms with Crippen molar-refractivity contribution in [2.24, 2.45) is 0 Å². The van der Waals surface area contributed by atoms with Crippen molar-refractivity contribution in [1.29, 1.82) is 0 Å². The van der Waals surface area contributed by atoms with Gasteiger partial charge < -0.3 is 0 Å². The van der Waals surface area contributed by atoms with Gasteiger partial charge in [-0.05, 0) is 39.6 Å². The molecule has 0 nitrogen and oxygen atoms in total.